The molecule has 2 heterocycles. The highest BCUT2D eigenvalue weighted by atomic mass is 16.5. The standard InChI is InChI=1S/C31H31NO5/c1-4-36-25-14-9-21(10-15-25)28-27(29(33)23-11-16-26-22(18-23)6-5-17-37-26)30(34)31(35)32(28)24-12-7-20(8-13-24)19(2)3/h7-16,18-19,28,33H,4-6,17H2,1-3H3/b29-27-. The van der Waals surface area contributed by atoms with Crippen molar-refractivity contribution in [1.82, 2.24) is 0 Å². The maximum absolute atomic E-state index is 13.5. The van der Waals surface area contributed by atoms with Crippen LogP contribution in [-0.2, 0) is 16.0 Å². The van der Waals surface area contributed by atoms with Crippen LogP contribution in [0, 0.1) is 0 Å². The zero-order valence-electron chi connectivity index (χ0n) is 21.4. The van der Waals surface area contributed by atoms with Crippen LogP contribution in [0.2, 0.25) is 0 Å². The van der Waals surface area contributed by atoms with Gasteiger partial charge in [0, 0.05) is 11.3 Å². The fourth-order valence-corrected chi connectivity index (χ4v) is 5.01. The molecule has 3 aromatic carbocycles. The van der Waals surface area contributed by atoms with E-state index in [1.54, 1.807) is 6.07 Å². The first kappa shape index (κ1) is 24.6. The van der Waals surface area contributed by atoms with Gasteiger partial charge in [0.2, 0.25) is 0 Å². The number of Topliss-reactive ketones (excluding diaryl/α,β-unsaturated/α-hetero) is 1. The van der Waals surface area contributed by atoms with Crippen LogP contribution in [0.5, 0.6) is 11.5 Å². The van der Waals surface area contributed by atoms with Crippen molar-refractivity contribution in [2.45, 2.75) is 45.6 Å². The van der Waals surface area contributed by atoms with Crippen LogP contribution in [0.15, 0.2) is 72.3 Å². The number of fused-ring (bicyclic) bond motifs is 1. The summed E-state index contributed by atoms with van der Waals surface area (Å²) in [5.74, 6) is 0.249. The first-order valence-electron chi connectivity index (χ1n) is 12.8. The van der Waals surface area contributed by atoms with Crippen LogP contribution in [0.4, 0.5) is 5.69 Å². The molecule has 0 aromatic heterocycles. The Morgan fingerprint density at radius 2 is 1.78 bits per heavy atom. The molecule has 1 saturated heterocycles. The Morgan fingerprint density at radius 3 is 2.46 bits per heavy atom. The third kappa shape index (κ3) is 4.59. The molecule has 0 radical (unpaired) electrons. The number of ketones is 1. The van der Waals surface area contributed by atoms with E-state index >= 15 is 0 Å². The van der Waals surface area contributed by atoms with Gasteiger partial charge in [0.05, 0.1) is 24.8 Å². The number of benzene rings is 3. The van der Waals surface area contributed by atoms with E-state index in [1.165, 1.54) is 4.90 Å². The van der Waals surface area contributed by atoms with Gasteiger partial charge in [-0.25, -0.2) is 0 Å². The molecule has 0 spiro atoms. The number of nitrogens with zero attached hydrogens (tertiary/aromatic N) is 1. The number of carbonyl (C=O) groups excluding carboxylic acids is 2. The summed E-state index contributed by atoms with van der Waals surface area (Å²) in [6, 6.07) is 19.6. The van der Waals surface area contributed by atoms with Crippen LogP contribution in [-0.4, -0.2) is 30.0 Å². The van der Waals surface area contributed by atoms with Crippen LogP contribution in [0.3, 0.4) is 0 Å². The number of rotatable bonds is 6. The van der Waals surface area contributed by atoms with E-state index in [4.69, 9.17) is 9.47 Å². The number of anilines is 1. The van der Waals surface area contributed by atoms with E-state index in [2.05, 4.69) is 13.8 Å². The number of amides is 1. The van der Waals surface area contributed by atoms with Crippen molar-refractivity contribution >= 4 is 23.1 Å². The Morgan fingerprint density at radius 1 is 1.05 bits per heavy atom. The Bertz CT molecular complexity index is 1360. The molecule has 1 N–H and O–H groups in total. The molecule has 1 atom stereocenters. The van der Waals surface area contributed by atoms with Crippen molar-refractivity contribution in [3.8, 4) is 11.5 Å². The van der Waals surface area contributed by atoms with Crippen molar-refractivity contribution in [3.63, 3.8) is 0 Å². The summed E-state index contributed by atoms with van der Waals surface area (Å²) in [6.07, 6.45) is 1.72. The fraction of sp³-hybridized carbons (Fsp3) is 0.290. The van der Waals surface area contributed by atoms with E-state index in [9.17, 15) is 14.7 Å². The van der Waals surface area contributed by atoms with Gasteiger partial charge in [0.15, 0.2) is 0 Å². The molecular weight excluding hydrogens is 466 g/mol. The summed E-state index contributed by atoms with van der Waals surface area (Å²) in [7, 11) is 0. The molecule has 2 aliphatic rings. The van der Waals surface area contributed by atoms with Gasteiger partial charge in [0.25, 0.3) is 11.7 Å². The summed E-state index contributed by atoms with van der Waals surface area (Å²) in [5, 5.41) is 11.5. The lowest BCUT2D eigenvalue weighted by Crippen LogP contribution is -2.29. The van der Waals surface area contributed by atoms with Crippen LogP contribution in [0.25, 0.3) is 5.76 Å². The number of aliphatic hydroxyl groups excluding tert-OH is 1. The van der Waals surface area contributed by atoms with Crippen LogP contribution in [0.1, 0.15) is 61.4 Å². The predicted octanol–water partition coefficient (Wildman–Crippen LogP) is 6.16. The fourth-order valence-electron chi connectivity index (χ4n) is 5.01. The van der Waals surface area contributed by atoms with E-state index in [1.807, 2.05) is 67.6 Å². The molecular formula is C31H31NO5. The van der Waals surface area contributed by atoms with Gasteiger partial charge >= 0.3 is 0 Å². The molecule has 0 bridgehead atoms. The molecule has 190 valence electrons. The van der Waals surface area contributed by atoms with Gasteiger partial charge in [-0.2, -0.15) is 0 Å². The molecule has 6 heteroatoms. The van der Waals surface area contributed by atoms with Crippen LogP contribution < -0.4 is 14.4 Å². The Kier molecular flexibility index (Phi) is 6.74. The Balaban J connectivity index is 1.64. The quantitative estimate of drug-likeness (QED) is 0.251. The summed E-state index contributed by atoms with van der Waals surface area (Å²) in [6.45, 7) is 7.31. The second-order valence-corrected chi connectivity index (χ2v) is 9.69. The second kappa shape index (κ2) is 10.1. The lowest BCUT2D eigenvalue weighted by atomic mass is 9.93. The van der Waals surface area contributed by atoms with Crippen molar-refractivity contribution < 1.29 is 24.2 Å². The molecule has 37 heavy (non-hydrogen) atoms. The zero-order chi connectivity index (χ0) is 26.1. The van der Waals surface area contributed by atoms with Crippen molar-refractivity contribution in [2.24, 2.45) is 0 Å². The third-order valence-corrected chi connectivity index (χ3v) is 6.97. The molecule has 2 aliphatic heterocycles. The first-order valence-corrected chi connectivity index (χ1v) is 12.8. The predicted molar refractivity (Wildman–Crippen MR) is 143 cm³/mol. The second-order valence-electron chi connectivity index (χ2n) is 9.69. The molecule has 0 saturated carbocycles. The van der Waals surface area contributed by atoms with Gasteiger partial charge in [-0.05, 0) is 84.8 Å². The highest BCUT2D eigenvalue weighted by Crippen LogP contribution is 2.43. The minimum absolute atomic E-state index is 0.0683. The minimum atomic E-state index is -0.784. The summed E-state index contributed by atoms with van der Waals surface area (Å²) < 4.78 is 11.3. The molecule has 3 aromatic rings. The summed E-state index contributed by atoms with van der Waals surface area (Å²) in [4.78, 5) is 28.4. The number of aliphatic hydroxyl groups is 1. The topological polar surface area (TPSA) is 76.1 Å². The normalized spacial score (nSPS) is 18.6. The van der Waals surface area contributed by atoms with Gasteiger partial charge in [0.1, 0.15) is 17.3 Å². The van der Waals surface area contributed by atoms with E-state index in [-0.39, 0.29) is 11.3 Å². The van der Waals surface area contributed by atoms with Gasteiger partial charge < -0.3 is 14.6 Å². The van der Waals surface area contributed by atoms with Gasteiger partial charge in [-0.1, -0.05) is 38.1 Å². The Hall–Kier alpha value is -4.06. The average molecular weight is 498 g/mol. The smallest absolute Gasteiger partial charge is 0.300 e. The summed E-state index contributed by atoms with van der Waals surface area (Å²) >= 11 is 0. The van der Waals surface area contributed by atoms with E-state index in [0.717, 1.165) is 29.7 Å². The first-order chi connectivity index (χ1) is 17.9. The number of ether oxygens (including phenoxy) is 2. The van der Waals surface area contributed by atoms with E-state index in [0.29, 0.717) is 41.7 Å². The van der Waals surface area contributed by atoms with Crippen molar-refractivity contribution in [2.75, 3.05) is 18.1 Å². The van der Waals surface area contributed by atoms with Crippen molar-refractivity contribution in [3.05, 3.63) is 94.6 Å². The number of hydrogen-bond donors (Lipinski definition) is 1. The molecule has 1 unspecified atom stereocenters. The summed E-state index contributed by atoms with van der Waals surface area (Å²) in [5.41, 5.74) is 3.98. The van der Waals surface area contributed by atoms with Crippen LogP contribution >= 0.6 is 0 Å². The lowest BCUT2D eigenvalue weighted by molar-refractivity contribution is -0.132. The zero-order valence-corrected chi connectivity index (χ0v) is 21.4. The molecule has 6 nitrogen and oxygen atoms in total. The Labute approximate surface area is 217 Å². The minimum Gasteiger partial charge on any atom is -0.507 e. The molecule has 5 rings (SSSR count). The lowest BCUT2D eigenvalue weighted by Gasteiger charge is -2.26. The number of hydrogen-bond acceptors (Lipinski definition) is 5. The third-order valence-electron chi connectivity index (χ3n) is 6.97. The highest BCUT2D eigenvalue weighted by molar-refractivity contribution is 6.51. The monoisotopic (exact) mass is 497 g/mol. The highest BCUT2D eigenvalue weighted by Gasteiger charge is 2.47. The maximum Gasteiger partial charge on any atom is 0.300 e. The largest absolute Gasteiger partial charge is 0.507 e. The van der Waals surface area contributed by atoms with Gasteiger partial charge in [-0.15, -0.1) is 0 Å². The SMILES string of the molecule is CCOc1ccc(C2/C(=C(/O)c3ccc4c(c3)CCCO4)C(=O)C(=O)N2c2ccc(C(C)C)cc2)cc1. The molecule has 1 amide bonds. The van der Waals surface area contributed by atoms with Crippen molar-refractivity contribution in [1.29, 1.82) is 0 Å². The van der Waals surface area contributed by atoms with Gasteiger partial charge in [-0.3, -0.25) is 14.5 Å². The van der Waals surface area contributed by atoms with E-state index < -0.39 is 17.7 Å². The number of carbonyl (C=O) groups is 2. The molecule has 1 fully saturated rings. The average Bonchev–Trinajstić information content (AvgIpc) is 3.18. The number of aryl methyl sites for hydroxylation is 1. The molecule has 0 aliphatic carbocycles. The maximum atomic E-state index is 13.5.